The van der Waals surface area contributed by atoms with Gasteiger partial charge in [-0.25, -0.2) is 18.6 Å². The lowest BCUT2D eigenvalue weighted by Gasteiger charge is -2.16. The zero-order valence-corrected chi connectivity index (χ0v) is 19.0. The minimum absolute atomic E-state index is 0.0367. The number of pyridine rings is 1. The molecule has 6 nitrogen and oxygen atoms in total. The van der Waals surface area contributed by atoms with Gasteiger partial charge in [-0.2, -0.15) is 13.2 Å². The Labute approximate surface area is 202 Å². The maximum atomic E-state index is 15.0. The van der Waals surface area contributed by atoms with Crippen LogP contribution in [-0.2, 0) is 22.2 Å². The average Bonchev–Trinajstić information content (AvgIpc) is 3.24. The first-order chi connectivity index (χ1) is 16.9. The van der Waals surface area contributed by atoms with Crippen molar-refractivity contribution in [1.82, 2.24) is 4.98 Å². The molecule has 0 atom stereocenters. The molecule has 2 aromatic carbocycles. The van der Waals surface area contributed by atoms with Gasteiger partial charge in [0.15, 0.2) is 11.6 Å². The molecule has 0 fully saturated rings. The second-order valence-electron chi connectivity index (χ2n) is 8.23. The van der Waals surface area contributed by atoms with E-state index in [2.05, 4.69) is 15.0 Å². The van der Waals surface area contributed by atoms with Crippen molar-refractivity contribution in [2.75, 3.05) is 6.61 Å². The van der Waals surface area contributed by atoms with Crippen LogP contribution in [0.2, 0.25) is 0 Å². The number of oxime groups is 1. The van der Waals surface area contributed by atoms with Crippen LogP contribution in [-0.4, -0.2) is 28.4 Å². The van der Waals surface area contributed by atoms with E-state index in [0.29, 0.717) is 34.7 Å². The summed E-state index contributed by atoms with van der Waals surface area (Å²) in [6.07, 6.45) is -4.86. The van der Waals surface area contributed by atoms with Gasteiger partial charge in [-0.3, -0.25) is 0 Å². The van der Waals surface area contributed by atoms with Gasteiger partial charge in [-0.1, -0.05) is 5.16 Å². The third-order valence-corrected chi connectivity index (χ3v) is 5.68. The van der Waals surface area contributed by atoms with Crippen molar-refractivity contribution in [3.05, 3.63) is 76.0 Å². The summed E-state index contributed by atoms with van der Waals surface area (Å²) in [5, 5.41) is 13.8. The molecule has 36 heavy (non-hydrogen) atoms. The first-order valence-electron chi connectivity index (χ1n) is 10.7. The Morgan fingerprint density at radius 1 is 1.11 bits per heavy atom. The third kappa shape index (κ3) is 5.14. The minimum atomic E-state index is -4.92. The van der Waals surface area contributed by atoms with Gasteiger partial charge in [0.25, 0.3) is 0 Å². The number of carbonyl (C=O) groups is 1. The fourth-order valence-corrected chi connectivity index (χ4v) is 3.80. The number of aromatic nitrogens is 1. The Bertz CT molecular complexity index is 1390. The molecule has 1 aliphatic heterocycles. The van der Waals surface area contributed by atoms with Crippen LogP contribution in [0.5, 0.6) is 11.5 Å². The highest BCUT2D eigenvalue weighted by Gasteiger charge is 2.34. The summed E-state index contributed by atoms with van der Waals surface area (Å²) < 4.78 is 73.6. The summed E-state index contributed by atoms with van der Waals surface area (Å²) in [5.74, 6) is -3.02. The summed E-state index contributed by atoms with van der Waals surface area (Å²) in [5.41, 5.74) is 0.397. The van der Waals surface area contributed by atoms with E-state index in [1.807, 2.05) is 0 Å². The monoisotopic (exact) mass is 506 g/mol. The molecule has 3 aromatic rings. The highest BCUT2D eigenvalue weighted by Crippen LogP contribution is 2.36. The van der Waals surface area contributed by atoms with Crippen molar-refractivity contribution in [2.24, 2.45) is 5.16 Å². The van der Waals surface area contributed by atoms with Crippen LogP contribution in [0.3, 0.4) is 0 Å². The Kier molecular flexibility index (Phi) is 6.66. The van der Waals surface area contributed by atoms with E-state index in [1.54, 1.807) is 13.8 Å². The van der Waals surface area contributed by atoms with Crippen molar-refractivity contribution in [2.45, 2.75) is 32.9 Å². The quantitative estimate of drug-likeness (QED) is 0.346. The average molecular weight is 506 g/mol. The lowest BCUT2D eigenvalue weighted by Crippen LogP contribution is -2.12. The number of carbonyl (C=O) groups excluding carboxylic acids is 1. The molecule has 0 saturated carbocycles. The number of nitrogens with zero attached hydrogens (tertiary/aromatic N) is 2. The van der Waals surface area contributed by atoms with Crippen LogP contribution >= 0.6 is 0 Å². The molecule has 0 spiro atoms. The molecule has 0 radical (unpaired) electrons. The summed E-state index contributed by atoms with van der Waals surface area (Å²) in [4.78, 5) is 19.9. The number of hydrogen-bond acceptors (Lipinski definition) is 6. The molecule has 1 aromatic heterocycles. The second kappa shape index (κ2) is 9.56. The summed E-state index contributed by atoms with van der Waals surface area (Å²) in [7, 11) is 0. The first-order valence-corrected chi connectivity index (χ1v) is 10.7. The lowest BCUT2D eigenvalue weighted by molar-refractivity contribution is -0.140. The first kappa shape index (κ1) is 25.1. The molecular weight excluding hydrogens is 487 g/mol. The zero-order valence-electron chi connectivity index (χ0n) is 19.0. The second-order valence-corrected chi connectivity index (χ2v) is 8.23. The van der Waals surface area contributed by atoms with Gasteiger partial charge >= 0.3 is 12.1 Å². The SMILES string of the molecule is Cc1cc(OCC2=NOC(=O)C2)c(F)c(C)c1Cc1ccc(O)c(-c2ccc(F)c(C(F)(F)F)c2)n1. The van der Waals surface area contributed by atoms with Crippen LogP contribution in [0.4, 0.5) is 22.0 Å². The van der Waals surface area contributed by atoms with E-state index in [9.17, 15) is 27.5 Å². The van der Waals surface area contributed by atoms with Gasteiger partial charge in [-0.15, -0.1) is 0 Å². The topological polar surface area (TPSA) is 81.0 Å². The number of rotatable bonds is 6. The number of ether oxygens (including phenoxy) is 1. The van der Waals surface area contributed by atoms with E-state index >= 15 is 4.39 Å². The Hall–Kier alpha value is -4.02. The maximum Gasteiger partial charge on any atom is 0.419 e. The van der Waals surface area contributed by atoms with Gasteiger partial charge in [0.05, 0.1) is 12.0 Å². The number of aromatic hydroxyl groups is 1. The fourth-order valence-electron chi connectivity index (χ4n) is 3.80. The normalized spacial score (nSPS) is 13.5. The Morgan fingerprint density at radius 3 is 2.53 bits per heavy atom. The van der Waals surface area contributed by atoms with E-state index in [0.717, 1.165) is 6.07 Å². The largest absolute Gasteiger partial charge is 0.506 e. The predicted octanol–water partition coefficient (Wildman–Crippen LogP) is 5.64. The van der Waals surface area contributed by atoms with Crippen molar-refractivity contribution in [3.8, 4) is 22.8 Å². The number of alkyl halides is 3. The number of halogens is 5. The van der Waals surface area contributed by atoms with Gasteiger partial charge in [0.1, 0.15) is 29.6 Å². The molecule has 2 heterocycles. The van der Waals surface area contributed by atoms with Crippen molar-refractivity contribution in [3.63, 3.8) is 0 Å². The fraction of sp³-hybridized carbons (Fsp3) is 0.240. The number of hydrogen-bond donors (Lipinski definition) is 1. The van der Waals surface area contributed by atoms with Gasteiger partial charge in [0.2, 0.25) is 0 Å². The molecule has 4 rings (SSSR count). The summed E-state index contributed by atoms with van der Waals surface area (Å²) >= 11 is 0. The third-order valence-electron chi connectivity index (χ3n) is 5.68. The van der Waals surface area contributed by atoms with Crippen molar-refractivity contribution >= 4 is 11.7 Å². The summed E-state index contributed by atoms with van der Waals surface area (Å²) in [6.45, 7) is 3.15. The molecule has 1 aliphatic rings. The minimum Gasteiger partial charge on any atom is -0.506 e. The standard InChI is InChI=1S/C25H19F5N2O4/c1-12-7-21(35-11-16-10-22(34)36-32-16)23(27)13(2)17(12)9-15-4-6-20(33)24(31-15)14-3-5-19(26)18(8-14)25(28,29)30/h3-8,33H,9-11H2,1-2H3. The zero-order chi connectivity index (χ0) is 26.2. The molecule has 0 bridgehead atoms. The van der Waals surface area contributed by atoms with Crippen LogP contribution in [0.15, 0.2) is 41.6 Å². The van der Waals surface area contributed by atoms with Crippen molar-refractivity contribution < 1.29 is 41.4 Å². The van der Waals surface area contributed by atoms with E-state index in [4.69, 9.17) is 4.74 Å². The van der Waals surface area contributed by atoms with Gasteiger partial charge < -0.3 is 14.7 Å². The van der Waals surface area contributed by atoms with Crippen LogP contribution in [0.25, 0.3) is 11.3 Å². The van der Waals surface area contributed by atoms with E-state index in [-0.39, 0.29) is 47.8 Å². The maximum absolute atomic E-state index is 15.0. The lowest BCUT2D eigenvalue weighted by atomic mass is 9.96. The highest BCUT2D eigenvalue weighted by molar-refractivity contribution is 6.02. The highest BCUT2D eigenvalue weighted by atomic mass is 19.4. The number of aryl methyl sites for hydroxylation is 1. The molecule has 1 N–H and O–H groups in total. The molecule has 11 heteroatoms. The van der Waals surface area contributed by atoms with Crippen LogP contribution in [0.1, 0.15) is 34.4 Å². The van der Waals surface area contributed by atoms with Crippen molar-refractivity contribution in [1.29, 1.82) is 0 Å². The van der Waals surface area contributed by atoms with Crippen LogP contribution < -0.4 is 4.74 Å². The van der Waals surface area contributed by atoms with E-state index < -0.39 is 29.3 Å². The van der Waals surface area contributed by atoms with Crippen LogP contribution in [0, 0.1) is 25.5 Å². The Morgan fingerprint density at radius 2 is 1.86 bits per heavy atom. The Balaban J connectivity index is 1.61. The smallest absolute Gasteiger partial charge is 0.419 e. The predicted molar refractivity (Wildman–Crippen MR) is 119 cm³/mol. The van der Waals surface area contributed by atoms with Gasteiger partial charge in [-0.05, 0) is 66.9 Å². The molecule has 0 aliphatic carbocycles. The number of benzene rings is 2. The summed E-state index contributed by atoms with van der Waals surface area (Å²) in [6, 6.07) is 6.53. The van der Waals surface area contributed by atoms with Gasteiger partial charge in [0, 0.05) is 17.7 Å². The molecule has 0 saturated heterocycles. The molecule has 188 valence electrons. The van der Waals surface area contributed by atoms with E-state index in [1.165, 1.54) is 18.2 Å². The molecular formula is C25H19F5N2O4. The molecule has 0 amide bonds. The molecule has 0 unspecified atom stereocenters.